The molecule has 0 bridgehead atoms. The molecule has 5 nitrogen and oxygen atoms in total. The molecular weight excluding hydrogens is 333 g/mol. The van der Waals surface area contributed by atoms with Gasteiger partial charge >= 0.3 is 6.18 Å². The molecule has 0 aromatic carbocycles. The number of alkyl halides is 3. The summed E-state index contributed by atoms with van der Waals surface area (Å²) in [5.74, 6) is 0.603. The van der Waals surface area contributed by atoms with Crippen molar-refractivity contribution in [3.63, 3.8) is 0 Å². The Balaban J connectivity index is 1.30. The Morgan fingerprint density at radius 3 is 2.80 bits per heavy atom. The molecule has 4 rings (SSSR count). The van der Waals surface area contributed by atoms with E-state index >= 15 is 0 Å². The molecular formula is C17H23F3N4O. The zero-order valence-corrected chi connectivity index (χ0v) is 14.0. The molecule has 1 aliphatic heterocycles. The van der Waals surface area contributed by atoms with Gasteiger partial charge < -0.3 is 15.4 Å². The lowest BCUT2D eigenvalue weighted by Gasteiger charge is -2.57. The zero-order chi connectivity index (χ0) is 17.5. The molecule has 3 aliphatic rings. The Morgan fingerprint density at radius 1 is 1.24 bits per heavy atom. The van der Waals surface area contributed by atoms with Crippen molar-refractivity contribution in [2.24, 2.45) is 11.3 Å². The van der Waals surface area contributed by atoms with E-state index < -0.39 is 11.9 Å². The number of hydrogen-bond donors (Lipinski definition) is 2. The monoisotopic (exact) mass is 356 g/mol. The van der Waals surface area contributed by atoms with E-state index in [1.54, 1.807) is 0 Å². The van der Waals surface area contributed by atoms with Gasteiger partial charge in [0.15, 0.2) is 0 Å². The molecule has 1 spiro atoms. The number of aromatic nitrogens is 2. The average molecular weight is 356 g/mol. The molecule has 0 amide bonds. The molecule has 2 saturated carbocycles. The maximum atomic E-state index is 12.7. The second-order valence-electron chi connectivity index (χ2n) is 7.31. The van der Waals surface area contributed by atoms with Crippen molar-refractivity contribution in [2.45, 2.75) is 50.4 Å². The van der Waals surface area contributed by atoms with E-state index in [1.165, 1.54) is 25.7 Å². The maximum absolute atomic E-state index is 12.7. The predicted octanol–water partition coefficient (Wildman–Crippen LogP) is 2.84. The quantitative estimate of drug-likeness (QED) is 0.795. The van der Waals surface area contributed by atoms with Crippen LogP contribution in [0.4, 0.5) is 19.1 Å². The first-order valence-corrected chi connectivity index (χ1v) is 9.00. The van der Waals surface area contributed by atoms with Gasteiger partial charge in [-0.15, -0.1) is 0 Å². The van der Waals surface area contributed by atoms with E-state index in [1.807, 2.05) is 0 Å². The molecule has 3 fully saturated rings. The van der Waals surface area contributed by atoms with E-state index in [4.69, 9.17) is 4.74 Å². The Hall–Kier alpha value is -1.41. The van der Waals surface area contributed by atoms with Gasteiger partial charge in [0.1, 0.15) is 5.69 Å². The van der Waals surface area contributed by atoms with Gasteiger partial charge in [-0.25, -0.2) is 9.97 Å². The summed E-state index contributed by atoms with van der Waals surface area (Å²) in [4.78, 5) is 7.38. The van der Waals surface area contributed by atoms with Crippen LogP contribution in [0, 0.1) is 11.3 Å². The molecule has 0 radical (unpaired) electrons. The van der Waals surface area contributed by atoms with Crippen molar-refractivity contribution in [1.29, 1.82) is 0 Å². The molecule has 1 aromatic heterocycles. The van der Waals surface area contributed by atoms with E-state index in [9.17, 15) is 13.2 Å². The third-order valence-electron chi connectivity index (χ3n) is 6.00. The highest BCUT2D eigenvalue weighted by atomic mass is 19.4. The fraction of sp³-hybridized carbons (Fsp3) is 0.765. The van der Waals surface area contributed by atoms with E-state index in [0.29, 0.717) is 31.2 Å². The van der Waals surface area contributed by atoms with Crippen LogP contribution in [0.25, 0.3) is 0 Å². The minimum atomic E-state index is -4.45. The zero-order valence-electron chi connectivity index (χ0n) is 14.0. The van der Waals surface area contributed by atoms with Crippen LogP contribution in [0.1, 0.15) is 37.8 Å². The number of halogens is 3. The van der Waals surface area contributed by atoms with Crippen LogP contribution in [0.3, 0.4) is 0 Å². The lowest BCUT2D eigenvalue weighted by molar-refractivity contribution is -0.141. The van der Waals surface area contributed by atoms with Gasteiger partial charge in [0.25, 0.3) is 0 Å². The smallest absolute Gasteiger partial charge is 0.377 e. The highest BCUT2D eigenvalue weighted by Crippen LogP contribution is 2.60. The molecule has 2 heterocycles. The topological polar surface area (TPSA) is 59.1 Å². The standard InChI is InChI=1S/C17H23F3N4O/c18-17(19,20)12-3-7-22-15(24-12)23-9-8-21-13-11-4-10-25-14(11)16(13)5-1-2-6-16/h3,7,11,13-14,21H,1-2,4-6,8-10H2,(H,22,23,24)/t11-,13-,14-/m1/s1. The van der Waals surface area contributed by atoms with E-state index in [0.717, 1.165) is 25.3 Å². The predicted molar refractivity (Wildman–Crippen MR) is 86.1 cm³/mol. The van der Waals surface area contributed by atoms with Gasteiger partial charge in [0, 0.05) is 43.3 Å². The van der Waals surface area contributed by atoms with Crippen molar-refractivity contribution in [3.8, 4) is 0 Å². The molecule has 1 aromatic rings. The van der Waals surface area contributed by atoms with Gasteiger partial charge in [0.2, 0.25) is 5.95 Å². The summed E-state index contributed by atoms with van der Waals surface area (Å²) >= 11 is 0. The summed E-state index contributed by atoms with van der Waals surface area (Å²) in [6.45, 7) is 2.02. The van der Waals surface area contributed by atoms with Crippen molar-refractivity contribution in [3.05, 3.63) is 18.0 Å². The minimum Gasteiger partial charge on any atom is -0.377 e. The van der Waals surface area contributed by atoms with Crippen LogP contribution >= 0.6 is 0 Å². The Kier molecular flexibility index (Phi) is 4.35. The second kappa shape index (κ2) is 6.39. The Labute approximate surface area is 144 Å². The third kappa shape index (κ3) is 2.99. The first kappa shape index (κ1) is 17.0. The van der Waals surface area contributed by atoms with E-state index in [-0.39, 0.29) is 11.4 Å². The minimum absolute atomic E-state index is 0.0166. The molecule has 1 saturated heterocycles. The summed E-state index contributed by atoms with van der Waals surface area (Å²) in [5.41, 5.74) is -0.638. The van der Waals surface area contributed by atoms with Gasteiger partial charge in [-0.2, -0.15) is 13.2 Å². The second-order valence-corrected chi connectivity index (χ2v) is 7.31. The lowest BCUT2D eigenvalue weighted by Crippen LogP contribution is -2.67. The molecule has 2 N–H and O–H groups in total. The molecule has 3 atom stereocenters. The van der Waals surface area contributed by atoms with Crippen LogP contribution in [-0.4, -0.2) is 41.8 Å². The molecule has 138 valence electrons. The number of nitrogens with one attached hydrogen (secondary N) is 2. The first-order valence-electron chi connectivity index (χ1n) is 9.00. The number of hydrogen-bond acceptors (Lipinski definition) is 5. The summed E-state index contributed by atoms with van der Waals surface area (Å²) < 4.78 is 44.0. The van der Waals surface area contributed by atoms with Crippen molar-refractivity contribution in [1.82, 2.24) is 15.3 Å². The first-order chi connectivity index (χ1) is 12.0. The van der Waals surface area contributed by atoms with Gasteiger partial charge in [-0.3, -0.25) is 0 Å². The van der Waals surface area contributed by atoms with Gasteiger partial charge in [-0.1, -0.05) is 12.8 Å². The van der Waals surface area contributed by atoms with Crippen molar-refractivity contribution >= 4 is 5.95 Å². The highest BCUT2D eigenvalue weighted by Gasteiger charge is 2.64. The maximum Gasteiger partial charge on any atom is 0.433 e. The van der Waals surface area contributed by atoms with Gasteiger partial charge in [-0.05, 0) is 25.3 Å². The summed E-state index contributed by atoms with van der Waals surface area (Å²) in [6.07, 6.45) is 3.16. The highest BCUT2D eigenvalue weighted by molar-refractivity contribution is 5.26. The Morgan fingerprint density at radius 2 is 2.04 bits per heavy atom. The van der Waals surface area contributed by atoms with Gasteiger partial charge in [0.05, 0.1) is 6.10 Å². The van der Waals surface area contributed by atoms with Crippen molar-refractivity contribution in [2.75, 3.05) is 25.0 Å². The average Bonchev–Trinajstić information content (AvgIpc) is 3.22. The Bertz CT molecular complexity index is 618. The largest absolute Gasteiger partial charge is 0.433 e. The lowest BCUT2D eigenvalue weighted by atomic mass is 9.54. The molecule has 8 heteroatoms. The number of anilines is 1. The normalized spacial score (nSPS) is 30.3. The number of fused-ring (bicyclic) bond motifs is 2. The number of ether oxygens (including phenoxy) is 1. The number of rotatable bonds is 5. The molecule has 0 unspecified atom stereocenters. The fourth-order valence-electron chi connectivity index (χ4n) is 5.01. The van der Waals surface area contributed by atoms with Crippen LogP contribution in [-0.2, 0) is 10.9 Å². The van der Waals surface area contributed by atoms with Crippen LogP contribution in [0.15, 0.2) is 12.3 Å². The van der Waals surface area contributed by atoms with Crippen LogP contribution in [0.5, 0.6) is 0 Å². The third-order valence-corrected chi connectivity index (χ3v) is 6.00. The van der Waals surface area contributed by atoms with Crippen molar-refractivity contribution < 1.29 is 17.9 Å². The SMILES string of the molecule is FC(F)(F)c1ccnc(NCCN[C@@H]2[C@H]3CCO[C@H]3C23CCCC3)n1. The van der Waals surface area contributed by atoms with Crippen LogP contribution < -0.4 is 10.6 Å². The summed E-state index contributed by atoms with van der Waals surface area (Å²) in [7, 11) is 0. The van der Waals surface area contributed by atoms with Crippen LogP contribution in [0.2, 0.25) is 0 Å². The number of nitrogens with zero attached hydrogens (tertiary/aromatic N) is 2. The summed E-state index contributed by atoms with van der Waals surface area (Å²) in [5, 5.41) is 6.50. The fourth-order valence-corrected chi connectivity index (χ4v) is 5.01. The molecule has 25 heavy (non-hydrogen) atoms. The molecule has 2 aliphatic carbocycles. The summed E-state index contributed by atoms with van der Waals surface area (Å²) in [6, 6.07) is 1.34. The van der Waals surface area contributed by atoms with E-state index in [2.05, 4.69) is 20.6 Å².